The monoisotopic (exact) mass is 555 g/mol. The Morgan fingerprint density at radius 2 is 1.89 bits per heavy atom. The predicted octanol–water partition coefficient (Wildman–Crippen LogP) is 4.74. The van der Waals surface area contributed by atoms with E-state index in [9.17, 15) is 22.7 Å². The number of nitrogens with one attached hydrogen (secondary N) is 1. The van der Waals surface area contributed by atoms with Crippen LogP contribution in [0.1, 0.15) is 24.8 Å². The molecule has 0 spiro atoms. The fourth-order valence-electron chi connectivity index (χ4n) is 5.85. The number of nitrogens with zero attached hydrogens (tertiary/aromatic N) is 4. The minimum Gasteiger partial charge on any atom is -0.481 e. The zero-order chi connectivity index (χ0) is 26.8. The van der Waals surface area contributed by atoms with Gasteiger partial charge in [-0.1, -0.05) is 29.3 Å². The van der Waals surface area contributed by atoms with Crippen LogP contribution in [0.15, 0.2) is 53.8 Å². The Morgan fingerprint density at radius 3 is 2.63 bits per heavy atom. The second-order valence-corrected chi connectivity index (χ2v) is 12.2. The summed E-state index contributed by atoms with van der Waals surface area (Å²) in [7, 11) is -4.04. The molecule has 3 heterocycles. The molecule has 3 aromatic heterocycles. The summed E-state index contributed by atoms with van der Waals surface area (Å²) < 4.78 is 43.0. The maximum absolute atomic E-state index is 14.9. The summed E-state index contributed by atoms with van der Waals surface area (Å²) in [6.07, 6.45) is 6.18. The van der Waals surface area contributed by atoms with E-state index in [2.05, 4.69) is 20.3 Å². The molecule has 0 radical (unpaired) electrons. The molecular weight excluding hydrogens is 533 g/mol. The highest BCUT2D eigenvalue weighted by atomic mass is 35.5. The van der Waals surface area contributed by atoms with E-state index in [1.807, 2.05) is 6.92 Å². The van der Waals surface area contributed by atoms with E-state index < -0.39 is 33.8 Å². The Hall–Kier alpha value is -3.57. The van der Waals surface area contributed by atoms with Gasteiger partial charge in [0, 0.05) is 29.4 Å². The van der Waals surface area contributed by atoms with Crippen LogP contribution in [0.25, 0.3) is 22.4 Å². The first-order valence-electron chi connectivity index (χ1n) is 12.1. The molecule has 2 N–H and O–H groups in total. The van der Waals surface area contributed by atoms with Gasteiger partial charge in [-0.05, 0) is 56.2 Å². The summed E-state index contributed by atoms with van der Waals surface area (Å²) in [4.78, 5) is 24.8. The zero-order valence-corrected chi connectivity index (χ0v) is 21.7. The quantitative estimate of drug-likeness (QED) is 0.349. The summed E-state index contributed by atoms with van der Waals surface area (Å²) >= 11 is 6.20. The van der Waals surface area contributed by atoms with Crippen molar-refractivity contribution in [2.24, 2.45) is 17.8 Å². The van der Waals surface area contributed by atoms with E-state index in [4.69, 9.17) is 11.6 Å². The van der Waals surface area contributed by atoms with Crippen LogP contribution in [0.2, 0.25) is 5.02 Å². The van der Waals surface area contributed by atoms with Gasteiger partial charge in [-0.25, -0.2) is 31.7 Å². The zero-order valence-electron chi connectivity index (χ0n) is 20.2. The van der Waals surface area contributed by atoms with Crippen LogP contribution < -0.4 is 5.32 Å². The molecule has 4 atom stereocenters. The number of halogens is 2. The number of aromatic nitrogens is 4. The van der Waals surface area contributed by atoms with Crippen molar-refractivity contribution in [2.45, 2.75) is 37.1 Å². The number of carbonyl (C=O) groups is 1. The Bertz CT molecular complexity index is 1690. The van der Waals surface area contributed by atoms with Crippen LogP contribution in [-0.2, 0) is 14.8 Å². The summed E-state index contributed by atoms with van der Waals surface area (Å²) in [5, 5.41) is 13.5. The molecule has 2 fully saturated rings. The SMILES string of the molecule is Cc1ccc(S(=O)(=O)n2cc(-c3ncc(F)c(NC4C5CCC(C5)C4C(=O)O)n3)c3cc(Cl)cnc32)cc1. The second kappa shape index (κ2) is 9.02. The lowest BCUT2D eigenvalue weighted by Gasteiger charge is -2.29. The van der Waals surface area contributed by atoms with E-state index in [0.717, 1.165) is 35.0 Å². The molecule has 38 heavy (non-hydrogen) atoms. The Balaban J connectivity index is 1.44. The maximum atomic E-state index is 14.9. The van der Waals surface area contributed by atoms with Crippen LogP contribution in [0, 0.1) is 30.5 Å². The van der Waals surface area contributed by atoms with Crippen molar-refractivity contribution in [1.29, 1.82) is 0 Å². The number of hydrogen-bond acceptors (Lipinski definition) is 7. The molecular formula is C26H23ClFN5O4S. The predicted molar refractivity (Wildman–Crippen MR) is 139 cm³/mol. The lowest BCUT2D eigenvalue weighted by molar-refractivity contribution is -0.143. The van der Waals surface area contributed by atoms with Gasteiger partial charge in [0.25, 0.3) is 10.0 Å². The summed E-state index contributed by atoms with van der Waals surface area (Å²) in [5.41, 5.74) is 1.31. The van der Waals surface area contributed by atoms with E-state index in [1.165, 1.54) is 24.5 Å². The number of aliphatic carboxylic acids is 1. The van der Waals surface area contributed by atoms with Crippen LogP contribution in [0.5, 0.6) is 0 Å². The van der Waals surface area contributed by atoms with Crippen molar-refractivity contribution in [3.8, 4) is 11.4 Å². The third-order valence-corrected chi connectivity index (χ3v) is 9.52. The molecule has 1 aromatic carbocycles. The third kappa shape index (κ3) is 4.01. The second-order valence-electron chi connectivity index (χ2n) is 9.94. The van der Waals surface area contributed by atoms with Gasteiger partial charge in [0.1, 0.15) is 0 Å². The van der Waals surface area contributed by atoms with Crippen LogP contribution >= 0.6 is 11.6 Å². The lowest BCUT2D eigenvalue weighted by atomic mass is 9.84. The van der Waals surface area contributed by atoms with Crippen molar-refractivity contribution in [2.75, 3.05) is 5.32 Å². The number of carboxylic acid groups (broad SMARTS) is 1. The Morgan fingerprint density at radius 1 is 1.16 bits per heavy atom. The molecule has 12 heteroatoms. The highest BCUT2D eigenvalue weighted by Crippen LogP contribution is 2.49. The molecule has 6 rings (SSSR count). The third-order valence-electron chi connectivity index (χ3n) is 7.65. The summed E-state index contributed by atoms with van der Waals surface area (Å²) in [6.45, 7) is 1.86. The number of pyridine rings is 1. The van der Waals surface area contributed by atoms with Crippen molar-refractivity contribution >= 4 is 44.4 Å². The van der Waals surface area contributed by atoms with Crippen LogP contribution in [0.4, 0.5) is 10.2 Å². The summed E-state index contributed by atoms with van der Waals surface area (Å²) in [5.74, 6) is -2.17. The van der Waals surface area contributed by atoms with Crippen molar-refractivity contribution < 1.29 is 22.7 Å². The number of anilines is 1. The molecule has 0 amide bonds. The molecule has 0 saturated heterocycles. The lowest BCUT2D eigenvalue weighted by Crippen LogP contribution is -2.39. The number of rotatable bonds is 6. The van der Waals surface area contributed by atoms with Gasteiger partial charge < -0.3 is 10.4 Å². The Kier molecular flexibility index (Phi) is 5.88. The molecule has 0 aliphatic heterocycles. The van der Waals surface area contributed by atoms with Gasteiger partial charge in [0.05, 0.1) is 22.0 Å². The van der Waals surface area contributed by atoms with E-state index in [0.29, 0.717) is 5.39 Å². The van der Waals surface area contributed by atoms with E-state index >= 15 is 0 Å². The number of fused-ring (bicyclic) bond motifs is 3. The van der Waals surface area contributed by atoms with Gasteiger partial charge in [-0.2, -0.15) is 0 Å². The first-order chi connectivity index (χ1) is 18.1. The molecule has 2 aliphatic carbocycles. The minimum absolute atomic E-state index is 0.0517. The Labute approximate surface area is 222 Å². The highest BCUT2D eigenvalue weighted by molar-refractivity contribution is 7.90. The minimum atomic E-state index is -4.04. The van der Waals surface area contributed by atoms with Crippen molar-refractivity contribution in [3.05, 3.63) is 65.3 Å². The first-order valence-corrected chi connectivity index (χ1v) is 14.0. The van der Waals surface area contributed by atoms with Gasteiger partial charge in [-0.3, -0.25) is 4.79 Å². The fourth-order valence-corrected chi connectivity index (χ4v) is 7.33. The molecule has 2 aliphatic rings. The fraction of sp³-hybridized carbons (Fsp3) is 0.308. The summed E-state index contributed by atoms with van der Waals surface area (Å²) in [6, 6.07) is 7.52. The van der Waals surface area contributed by atoms with E-state index in [1.54, 1.807) is 18.2 Å². The van der Waals surface area contributed by atoms with Crippen LogP contribution in [0.3, 0.4) is 0 Å². The molecule has 2 saturated carbocycles. The highest BCUT2D eigenvalue weighted by Gasteiger charge is 2.51. The first kappa shape index (κ1) is 24.7. The van der Waals surface area contributed by atoms with Crippen molar-refractivity contribution in [1.82, 2.24) is 18.9 Å². The molecule has 4 unspecified atom stereocenters. The van der Waals surface area contributed by atoms with Crippen molar-refractivity contribution in [3.63, 3.8) is 0 Å². The van der Waals surface area contributed by atoms with Crippen LogP contribution in [-0.4, -0.2) is 44.5 Å². The number of hydrogen-bond donors (Lipinski definition) is 2. The number of carboxylic acids is 1. The largest absolute Gasteiger partial charge is 0.481 e. The maximum Gasteiger partial charge on any atom is 0.308 e. The van der Waals surface area contributed by atoms with Gasteiger partial charge in [0.2, 0.25) is 0 Å². The van der Waals surface area contributed by atoms with Gasteiger partial charge in [-0.15, -0.1) is 0 Å². The van der Waals surface area contributed by atoms with E-state index in [-0.39, 0.29) is 44.6 Å². The average Bonchev–Trinajstić information content (AvgIpc) is 3.59. The smallest absolute Gasteiger partial charge is 0.308 e. The molecule has 4 aromatic rings. The standard InChI is InChI=1S/C26H23ClFN5O4S/c1-13-2-6-17(7-3-13)38(36,37)33-12-19(18-9-16(27)10-30-25(18)33)23-29-11-20(28)24(32-23)31-22-15-5-4-14(8-15)21(22)26(34)35/h2-3,6-7,9-12,14-15,21-22H,4-5,8H2,1H3,(H,34,35)(H,29,31,32). The topological polar surface area (TPSA) is 127 Å². The van der Waals surface area contributed by atoms with Gasteiger partial charge in [0.15, 0.2) is 23.1 Å². The number of aryl methyl sites for hydroxylation is 1. The average molecular weight is 556 g/mol. The number of benzene rings is 1. The molecule has 9 nitrogen and oxygen atoms in total. The molecule has 2 bridgehead atoms. The normalized spacial score (nSPS) is 22.7. The molecule has 196 valence electrons. The van der Waals surface area contributed by atoms with Gasteiger partial charge >= 0.3 is 5.97 Å².